The van der Waals surface area contributed by atoms with Crippen molar-refractivity contribution < 1.29 is 23.1 Å². The van der Waals surface area contributed by atoms with Crippen LogP contribution in [0.25, 0.3) is 11.0 Å². The van der Waals surface area contributed by atoms with Gasteiger partial charge in [0.25, 0.3) is 11.8 Å². The minimum absolute atomic E-state index is 0.0810. The van der Waals surface area contributed by atoms with Crippen molar-refractivity contribution in [3.05, 3.63) is 29.8 Å². The van der Waals surface area contributed by atoms with Crippen molar-refractivity contribution in [2.24, 2.45) is 5.73 Å². The van der Waals surface area contributed by atoms with Crippen LogP contribution < -0.4 is 11.1 Å². The second kappa shape index (κ2) is 5.17. The number of anilines is 1. The summed E-state index contributed by atoms with van der Waals surface area (Å²) in [5.74, 6) is -1.95. The predicted molar refractivity (Wildman–Crippen MR) is 72.3 cm³/mol. The van der Waals surface area contributed by atoms with Crippen molar-refractivity contribution in [3.63, 3.8) is 0 Å². The molecule has 1 aliphatic rings. The molecule has 0 saturated carbocycles. The summed E-state index contributed by atoms with van der Waals surface area (Å²) in [5.41, 5.74) is 5.59. The highest BCUT2D eigenvalue weighted by Gasteiger charge is 2.27. The highest BCUT2D eigenvalue weighted by Crippen LogP contribution is 2.32. The van der Waals surface area contributed by atoms with Crippen LogP contribution in [-0.4, -0.2) is 24.5 Å². The molecule has 1 aromatic heterocycles. The van der Waals surface area contributed by atoms with Gasteiger partial charge in [-0.05, 0) is 31.0 Å². The summed E-state index contributed by atoms with van der Waals surface area (Å²) in [4.78, 5) is 23.5. The van der Waals surface area contributed by atoms with Crippen LogP contribution in [0.1, 0.15) is 23.4 Å². The van der Waals surface area contributed by atoms with Crippen LogP contribution in [0.4, 0.5) is 10.1 Å². The first-order valence-electron chi connectivity index (χ1n) is 6.50. The highest BCUT2D eigenvalue weighted by molar-refractivity contribution is 6.11. The van der Waals surface area contributed by atoms with E-state index in [4.69, 9.17) is 14.9 Å². The summed E-state index contributed by atoms with van der Waals surface area (Å²) in [6.07, 6.45) is 0.813. The standard InChI is InChI=1S/C14H13FN2O4/c15-7-3-4-9-8(6-7)11(12(21-9)13(16)18)17-14(19)10-2-1-5-20-10/h3-4,6,10H,1-2,5H2,(H2,16,18)(H,17,19)/t10-/m1/s1. The Hall–Kier alpha value is -2.41. The third-order valence-electron chi connectivity index (χ3n) is 3.34. The number of primary amides is 1. The maximum Gasteiger partial charge on any atom is 0.286 e. The van der Waals surface area contributed by atoms with Crippen molar-refractivity contribution in [1.82, 2.24) is 0 Å². The number of ether oxygens (including phenoxy) is 1. The van der Waals surface area contributed by atoms with E-state index in [9.17, 15) is 14.0 Å². The molecule has 1 aromatic carbocycles. The van der Waals surface area contributed by atoms with Crippen LogP contribution in [0.3, 0.4) is 0 Å². The zero-order chi connectivity index (χ0) is 15.0. The van der Waals surface area contributed by atoms with Gasteiger partial charge in [-0.2, -0.15) is 0 Å². The van der Waals surface area contributed by atoms with Crippen LogP contribution in [0, 0.1) is 5.82 Å². The fourth-order valence-electron chi connectivity index (χ4n) is 2.36. The average Bonchev–Trinajstić information content (AvgIpc) is 3.07. The minimum Gasteiger partial charge on any atom is -0.449 e. The molecule has 3 rings (SSSR count). The topological polar surface area (TPSA) is 94.6 Å². The molecule has 0 unspecified atom stereocenters. The molecular formula is C14H13FN2O4. The maximum atomic E-state index is 13.4. The fourth-order valence-corrected chi connectivity index (χ4v) is 2.36. The fraction of sp³-hybridized carbons (Fsp3) is 0.286. The Balaban J connectivity index is 2.02. The summed E-state index contributed by atoms with van der Waals surface area (Å²) in [6.45, 7) is 0.515. The largest absolute Gasteiger partial charge is 0.449 e. The Morgan fingerprint density at radius 3 is 2.86 bits per heavy atom. The van der Waals surface area contributed by atoms with E-state index < -0.39 is 23.7 Å². The second-order valence-corrected chi connectivity index (χ2v) is 4.80. The van der Waals surface area contributed by atoms with Gasteiger partial charge >= 0.3 is 0 Å². The van der Waals surface area contributed by atoms with Gasteiger partial charge in [0.05, 0.1) is 0 Å². The van der Waals surface area contributed by atoms with E-state index in [2.05, 4.69) is 5.32 Å². The van der Waals surface area contributed by atoms with Crippen molar-refractivity contribution in [2.45, 2.75) is 18.9 Å². The lowest BCUT2D eigenvalue weighted by molar-refractivity contribution is -0.124. The van der Waals surface area contributed by atoms with Crippen molar-refractivity contribution >= 4 is 28.5 Å². The van der Waals surface area contributed by atoms with Crippen LogP contribution >= 0.6 is 0 Å². The van der Waals surface area contributed by atoms with Crippen LogP contribution in [0.2, 0.25) is 0 Å². The van der Waals surface area contributed by atoms with Gasteiger partial charge in [-0.15, -0.1) is 0 Å². The molecular weight excluding hydrogens is 279 g/mol. The van der Waals surface area contributed by atoms with Crippen LogP contribution in [0.15, 0.2) is 22.6 Å². The third kappa shape index (κ3) is 2.47. The molecule has 1 saturated heterocycles. The minimum atomic E-state index is -0.839. The smallest absolute Gasteiger partial charge is 0.286 e. The number of nitrogens with two attached hydrogens (primary N) is 1. The van der Waals surface area contributed by atoms with E-state index in [1.54, 1.807) is 0 Å². The Morgan fingerprint density at radius 2 is 2.19 bits per heavy atom. The number of carbonyl (C=O) groups excluding carboxylic acids is 2. The molecule has 6 nitrogen and oxygen atoms in total. The molecule has 0 bridgehead atoms. The summed E-state index contributed by atoms with van der Waals surface area (Å²) >= 11 is 0. The first kappa shape index (κ1) is 13.6. The van der Waals surface area contributed by atoms with Gasteiger partial charge in [-0.3, -0.25) is 9.59 Å². The first-order chi connectivity index (χ1) is 10.1. The van der Waals surface area contributed by atoms with E-state index in [-0.39, 0.29) is 22.4 Å². The number of halogens is 1. The Labute approximate surface area is 119 Å². The van der Waals surface area contributed by atoms with Gasteiger partial charge in [-0.1, -0.05) is 0 Å². The van der Waals surface area contributed by atoms with Gasteiger partial charge < -0.3 is 20.2 Å². The number of hydrogen-bond acceptors (Lipinski definition) is 4. The van der Waals surface area contributed by atoms with E-state index >= 15 is 0 Å². The monoisotopic (exact) mass is 292 g/mol. The molecule has 0 radical (unpaired) electrons. The summed E-state index contributed by atoms with van der Waals surface area (Å²) in [7, 11) is 0. The Morgan fingerprint density at radius 1 is 1.38 bits per heavy atom. The lowest BCUT2D eigenvalue weighted by Gasteiger charge is -2.10. The summed E-state index contributed by atoms with van der Waals surface area (Å²) < 4.78 is 23.9. The van der Waals surface area contributed by atoms with Gasteiger partial charge in [0.15, 0.2) is 0 Å². The molecule has 2 amide bonds. The number of nitrogens with one attached hydrogen (secondary N) is 1. The maximum absolute atomic E-state index is 13.4. The molecule has 7 heteroatoms. The first-order valence-corrected chi connectivity index (χ1v) is 6.50. The lowest BCUT2D eigenvalue weighted by Crippen LogP contribution is -2.27. The molecule has 2 aromatic rings. The van der Waals surface area contributed by atoms with Gasteiger partial charge in [-0.25, -0.2) is 4.39 Å². The average molecular weight is 292 g/mol. The SMILES string of the molecule is NC(=O)c1oc2ccc(F)cc2c1NC(=O)[C@H]1CCCO1. The summed E-state index contributed by atoms with van der Waals surface area (Å²) in [5, 5.41) is 2.85. The van der Waals surface area contributed by atoms with Gasteiger partial charge in [0.1, 0.15) is 23.2 Å². The Kier molecular flexibility index (Phi) is 3.34. The van der Waals surface area contributed by atoms with Crippen LogP contribution in [-0.2, 0) is 9.53 Å². The zero-order valence-corrected chi connectivity index (χ0v) is 11.0. The Bertz CT molecular complexity index is 719. The molecule has 1 fully saturated rings. The highest BCUT2D eigenvalue weighted by atomic mass is 19.1. The molecule has 2 heterocycles. The number of fused-ring (bicyclic) bond motifs is 1. The van der Waals surface area contributed by atoms with Crippen molar-refractivity contribution in [3.8, 4) is 0 Å². The normalized spacial score (nSPS) is 18.0. The predicted octanol–water partition coefficient (Wildman–Crippen LogP) is 1.79. The van der Waals surface area contributed by atoms with Crippen molar-refractivity contribution in [1.29, 1.82) is 0 Å². The van der Waals surface area contributed by atoms with Gasteiger partial charge in [0.2, 0.25) is 5.76 Å². The number of benzene rings is 1. The zero-order valence-electron chi connectivity index (χ0n) is 11.0. The molecule has 0 spiro atoms. The molecule has 1 atom stereocenters. The molecule has 1 aliphatic heterocycles. The van der Waals surface area contributed by atoms with E-state index in [0.717, 1.165) is 6.42 Å². The van der Waals surface area contributed by atoms with Crippen LogP contribution in [0.5, 0.6) is 0 Å². The number of rotatable bonds is 3. The lowest BCUT2D eigenvalue weighted by atomic mass is 10.2. The molecule has 3 N–H and O–H groups in total. The molecule has 110 valence electrons. The number of carbonyl (C=O) groups is 2. The van der Waals surface area contributed by atoms with Gasteiger partial charge in [0, 0.05) is 12.0 Å². The quantitative estimate of drug-likeness (QED) is 0.901. The number of amides is 2. The van der Waals surface area contributed by atoms with Crippen molar-refractivity contribution in [2.75, 3.05) is 11.9 Å². The van der Waals surface area contributed by atoms with E-state index in [1.807, 2.05) is 0 Å². The van der Waals surface area contributed by atoms with E-state index in [1.165, 1.54) is 18.2 Å². The molecule has 0 aliphatic carbocycles. The third-order valence-corrected chi connectivity index (χ3v) is 3.34. The molecule has 21 heavy (non-hydrogen) atoms. The van der Waals surface area contributed by atoms with E-state index in [0.29, 0.717) is 13.0 Å². The number of furan rings is 1. The summed E-state index contributed by atoms with van der Waals surface area (Å²) in [6, 6.07) is 3.75. The second-order valence-electron chi connectivity index (χ2n) is 4.80. The number of hydrogen-bond donors (Lipinski definition) is 2.